The molecule has 0 bridgehead atoms. The molecule has 0 saturated carbocycles. The third kappa shape index (κ3) is 3.42. The highest BCUT2D eigenvalue weighted by atomic mass is 79.9. The van der Waals surface area contributed by atoms with Gasteiger partial charge in [0.2, 0.25) is 0 Å². The van der Waals surface area contributed by atoms with Gasteiger partial charge in [0.1, 0.15) is 0 Å². The van der Waals surface area contributed by atoms with Crippen molar-refractivity contribution in [1.82, 2.24) is 0 Å². The van der Waals surface area contributed by atoms with E-state index in [2.05, 4.69) is 31.9 Å². The maximum absolute atomic E-state index is 13.7. The van der Waals surface area contributed by atoms with Crippen molar-refractivity contribution in [2.75, 3.05) is 5.33 Å². The number of alkyl halides is 1. The summed E-state index contributed by atoms with van der Waals surface area (Å²) in [7, 11) is 0. The van der Waals surface area contributed by atoms with E-state index in [4.69, 9.17) is 0 Å². The summed E-state index contributed by atoms with van der Waals surface area (Å²) < 4.78 is 27.9. The predicted octanol–water partition coefficient (Wildman–Crippen LogP) is 5.45. The molecule has 0 aliphatic rings. The second-order valence-electron chi connectivity index (χ2n) is 4.29. The molecule has 2 rings (SSSR count). The molecule has 0 aliphatic carbocycles. The summed E-state index contributed by atoms with van der Waals surface area (Å²) in [5, 5.41) is 0.686. The van der Waals surface area contributed by atoms with Gasteiger partial charge in [-0.25, -0.2) is 8.78 Å². The highest BCUT2D eigenvalue weighted by Gasteiger charge is 2.17. The van der Waals surface area contributed by atoms with E-state index in [0.29, 0.717) is 17.3 Å². The van der Waals surface area contributed by atoms with E-state index in [1.165, 1.54) is 0 Å². The SMILES string of the molecule is Fc1cccc(CC(CBr)c2ccccc2Br)c1F. The van der Waals surface area contributed by atoms with Gasteiger partial charge in [-0.2, -0.15) is 0 Å². The molecule has 0 nitrogen and oxygen atoms in total. The number of hydrogen-bond acceptors (Lipinski definition) is 0. The molecule has 2 aromatic carbocycles. The predicted molar refractivity (Wildman–Crippen MR) is 80.7 cm³/mol. The summed E-state index contributed by atoms with van der Waals surface area (Å²) in [6.07, 6.45) is 0.456. The van der Waals surface area contributed by atoms with Crippen LogP contribution in [0.4, 0.5) is 8.78 Å². The zero-order valence-corrected chi connectivity index (χ0v) is 13.2. The molecule has 1 atom stereocenters. The smallest absolute Gasteiger partial charge is 0.162 e. The van der Waals surface area contributed by atoms with Crippen molar-refractivity contribution >= 4 is 31.9 Å². The van der Waals surface area contributed by atoms with Gasteiger partial charge in [-0.15, -0.1) is 0 Å². The van der Waals surface area contributed by atoms with Gasteiger partial charge < -0.3 is 0 Å². The first-order chi connectivity index (χ1) is 9.13. The monoisotopic (exact) mass is 388 g/mol. The van der Waals surface area contributed by atoms with Gasteiger partial charge in [-0.1, -0.05) is 62.2 Å². The van der Waals surface area contributed by atoms with Crippen LogP contribution < -0.4 is 0 Å². The Morgan fingerprint density at radius 2 is 1.74 bits per heavy atom. The number of rotatable bonds is 4. The summed E-state index contributed by atoms with van der Waals surface area (Å²) in [4.78, 5) is 0. The molecule has 2 aromatic rings. The van der Waals surface area contributed by atoms with E-state index in [0.717, 1.165) is 16.1 Å². The van der Waals surface area contributed by atoms with Gasteiger partial charge in [0.15, 0.2) is 11.6 Å². The first kappa shape index (κ1) is 14.7. The van der Waals surface area contributed by atoms with Gasteiger partial charge in [-0.05, 0) is 35.6 Å². The molecule has 0 amide bonds. The van der Waals surface area contributed by atoms with Crippen molar-refractivity contribution in [2.45, 2.75) is 12.3 Å². The quantitative estimate of drug-likeness (QED) is 0.610. The first-order valence-electron chi connectivity index (χ1n) is 5.86. The van der Waals surface area contributed by atoms with Crippen LogP contribution >= 0.6 is 31.9 Å². The lowest BCUT2D eigenvalue weighted by molar-refractivity contribution is 0.495. The molecular formula is C15H12Br2F2. The van der Waals surface area contributed by atoms with Crippen molar-refractivity contribution in [1.29, 1.82) is 0 Å². The molecular weight excluding hydrogens is 378 g/mol. The average molecular weight is 390 g/mol. The van der Waals surface area contributed by atoms with Crippen molar-refractivity contribution in [3.63, 3.8) is 0 Å². The van der Waals surface area contributed by atoms with Gasteiger partial charge in [-0.3, -0.25) is 0 Å². The van der Waals surface area contributed by atoms with E-state index < -0.39 is 11.6 Å². The minimum absolute atomic E-state index is 0.0897. The van der Waals surface area contributed by atoms with Crippen LogP contribution in [-0.2, 0) is 6.42 Å². The zero-order valence-electron chi connectivity index (χ0n) is 10.0. The normalized spacial score (nSPS) is 12.4. The first-order valence-corrected chi connectivity index (χ1v) is 7.78. The Kier molecular flexibility index (Phi) is 5.11. The summed E-state index contributed by atoms with van der Waals surface area (Å²) in [5.41, 5.74) is 1.49. The molecule has 0 radical (unpaired) electrons. The standard InChI is InChI=1S/C15H12Br2F2/c16-9-11(12-5-1-2-6-13(12)17)8-10-4-3-7-14(18)15(10)19/h1-7,11H,8-9H2. The molecule has 100 valence electrons. The van der Waals surface area contributed by atoms with Crippen LogP contribution in [-0.4, -0.2) is 5.33 Å². The molecule has 1 unspecified atom stereocenters. The molecule has 0 heterocycles. The van der Waals surface area contributed by atoms with E-state index in [-0.39, 0.29) is 5.92 Å². The third-order valence-corrected chi connectivity index (χ3v) is 4.53. The lowest BCUT2D eigenvalue weighted by Gasteiger charge is -2.16. The summed E-state index contributed by atoms with van der Waals surface area (Å²) in [6.45, 7) is 0. The number of benzene rings is 2. The van der Waals surface area contributed by atoms with Gasteiger partial charge >= 0.3 is 0 Å². The lowest BCUT2D eigenvalue weighted by atomic mass is 9.93. The van der Waals surface area contributed by atoms with Crippen LogP contribution in [0.3, 0.4) is 0 Å². The Bertz CT molecular complexity index is 570. The Labute approximate surface area is 128 Å². The highest BCUT2D eigenvalue weighted by molar-refractivity contribution is 9.10. The Balaban J connectivity index is 2.30. The van der Waals surface area contributed by atoms with Crippen molar-refractivity contribution in [3.05, 3.63) is 69.7 Å². The fourth-order valence-electron chi connectivity index (χ4n) is 2.03. The summed E-state index contributed by atoms with van der Waals surface area (Å²) >= 11 is 6.95. The number of halogens is 4. The van der Waals surface area contributed by atoms with E-state index in [9.17, 15) is 8.78 Å². The van der Waals surface area contributed by atoms with Crippen LogP contribution in [0, 0.1) is 11.6 Å². The number of hydrogen-bond donors (Lipinski definition) is 0. The molecule has 19 heavy (non-hydrogen) atoms. The minimum atomic E-state index is -0.794. The molecule has 0 spiro atoms. The Hall–Kier alpha value is -0.740. The molecule has 0 fully saturated rings. The van der Waals surface area contributed by atoms with Crippen LogP contribution in [0.5, 0.6) is 0 Å². The van der Waals surface area contributed by atoms with Crippen LogP contribution in [0.15, 0.2) is 46.9 Å². The third-order valence-electron chi connectivity index (χ3n) is 3.03. The minimum Gasteiger partial charge on any atom is -0.204 e. The van der Waals surface area contributed by atoms with Gasteiger partial charge in [0, 0.05) is 9.80 Å². The summed E-state index contributed by atoms with van der Waals surface area (Å²) in [5.74, 6) is -1.45. The fraction of sp³-hybridized carbons (Fsp3) is 0.200. The molecule has 0 aromatic heterocycles. The molecule has 0 aliphatic heterocycles. The van der Waals surface area contributed by atoms with E-state index in [1.54, 1.807) is 12.1 Å². The largest absolute Gasteiger partial charge is 0.204 e. The van der Waals surface area contributed by atoms with Gasteiger partial charge in [0.25, 0.3) is 0 Å². The van der Waals surface area contributed by atoms with Crippen molar-refractivity contribution in [2.24, 2.45) is 0 Å². The fourth-order valence-corrected chi connectivity index (χ4v) is 3.21. The topological polar surface area (TPSA) is 0 Å². The highest BCUT2D eigenvalue weighted by Crippen LogP contribution is 2.30. The van der Waals surface area contributed by atoms with Gasteiger partial charge in [0.05, 0.1) is 0 Å². The lowest BCUT2D eigenvalue weighted by Crippen LogP contribution is -2.07. The van der Waals surface area contributed by atoms with Crippen LogP contribution in [0.1, 0.15) is 17.0 Å². The Morgan fingerprint density at radius 3 is 2.42 bits per heavy atom. The molecule has 0 saturated heterocycles. The second-order valence-corrected chi connectivity index (χ2v) is 5.79. The van der Waals surface area contributed by atoms with Crippen LogP contribution in [0.25, 0.3) is 0 Å². The van der Waals surface area contributed by atoms with Crippen molar-refractivity contribution < 1.29 is 8.78 Å². The van der Waals surface area contributed by atoms with Crippen LogP contribution in [0.2, 0.25) is 0 Å². The molecule has 4 heteroatoms. The molecule has 0 N–H and O–H groups in total. The van der Waals surface area contributed by atoms with E-state index in [1.807, 2.05) is 24.3 Å². The maximum Gasteiger partial charge on any atom is 0.162 e. The second kappa shape index (κ2) is 6.62. The van der Waals surface area contributed by atoms with Crippen molar-refractivity contribution in [3.8, 4) is 0 Å². The average Bonchev–Trinajstić information content (AvgIpc) is 2.41. The zero-order chi connectivity index (χ0) is 13.8. The summed E-state index contributed by atoms with van der Waals surface area (Å²) in [6, 6.07) is 12.1. The maximum atomic E-state index is 13.7. The Morgan fingerprint density at radius 1 is 1.00 bits per heavy atom. The van der Waals surface area contributed by atoms with E-state index >= 15 is 0 Å².